The fraction of sp³-hybridized carbons (Fsp3) is 0.211. The van der Waals surface area contributed by atoms with Crippen LogP contribution in [0.25, 0.3) is 0 Å². The molecule has 2 aromatic rings. The van der Waals surface area contributed by atoms with Crippen molar-refractivity contribution in [1.82, 2.24) is 5.32 Å². The monoisotopic (exact) mass is 324 g/mol. The summed E-state index contributed by atoms with van der Waals surface area (Å²) in [4.78, 5) is 35.1. The molecule has 5 heteroatoms. The van der Waals surface area contributed by atoms with Crippen LogP contribution in [0.3, 0.4) is 0 Å². The van der Waals surface area contributed by atoms with E-state index in [0.717, 1.165) is 5.56 Å². The van der Waals surface area contributed by atoms with Crippen molar-refractivity contribution in [3.63, 3.8) is 0 Å². The molecular formula is C19H20N2O3. The Kier molecular flexibility index (Phi) is 5.84. The fourth-order valence-electron chi connectivity index (χ4n) is 2.40. The molecule has 2 aromatic carbocycles. The molecular weight excluding hydrogens is 304 g/mol. The van der Waals surface area contributed by atoms with Gasteiger partial charge < -0.3 is 10.6 Å². The largest absolute Gasteiger partial charge is 0.349 e. The summed E-state index contributed by atoms with van der Waals surface area (Å²) >= 11 is 0. The summed E-state index contributed by atoms with van der Waals surface area (Å²) in [6, 6.07) is 15.7. The van der Waals surface area contributed by atoms with E-state index in [2.05, 4.69) is 10.6 Å². The highest BCUT2D eigenvalue weighted by Gasteiger charge is 2.17. The first kappa shape index (κ1) is 17.4. The molecule has 0 saturated carbocycles. The first-order chi connectivity index (χ1) is 11.5. The van der Waals surface area contributed by atoms with Crippen LogP contribution in [0.2, 0.25) is 0 Å². The second-order valence-corrected chi connectivity index (χ2v) is 5.55. The van der Waals surface area contributed by atoms with Crippen LogP contribution in [-0.4, -0.2) is 17.6 Å². The van der Waals surface area contributed by atoms with Crippen molar-refractivity contribution in [3.05, 3.63) is 65.7 Å². The maximum absolute atomic E-state index is 12.3. The summed E-state index contributed by atoms with van der Waals surface area (Å²) in [5.74, 6) is -0.500. The molecule has 2 amide bonds. The Morgan fingerprint density at radius 2 is 1.67 bits per heavy atom. The molecule has 2 N–H and O–H groups in total. The first-order valence-corrected chi connectivity index (χ1v) is 7.68. The van der Waals surface area contributed by atoms with Crippen molar-refractivity contribution < 1.29 is 14.4 Å². The highest BCUT2D eigenvalue weighted by molar-refractivity contribution is 5.97. The van der Waals surface area contributed by atoms with Gasteiger partial charge in [-0.05, 0) is 24.6 Å². The molecule has 0 fully saturated rings. The van der Waals surface area contributed by atoms with Crippen molar-refractivity contribution in [2.45, 2.75) is 26.3 Å². The number of carbonyl (C=O) groups excluding carboxylic acids is 3. The van der Waals surface area contributed by atoms with Gasteiger partial charge in [0.1, 0.15) is 0 Å². The van der Waals surface area contributed by atoms with Gasteiger partial charge in [0, 0.05) is 18.2 Å². The highest BCUT2D eigenvalue weighted by Crippen LogP contribution is 2.18. The number of rotatable bonds is 6. The maximum atomic E-state index is 12.3. The molecule has 0 radical (unpaired) electrons. The van der Waals surface area contributed by atoms with Crippen LogP contribution < -0.4 is 10.6 Å². The van der Waals surface area contributed by atoms with Gasteiger partial charge in [0.05, 0.1) is 12.5 Å². The van der Waals surface area contributed by atoms with Crippen LogP contribution in [-0.2, 0) is 9.59 Å². The van der Waals surface area contributed by atoms with Gasteiger partial charge in [0.2, 0.25) is 11.8 Å². The minimum absolute atomic E-state index is 0.0634. The van der Waals surface area contributed by atoms with E-state index < -0.39 is 6.04 Å². The average Bonchev–Trinajstić information content (AvgIpc) is 2.55. The maximum Gasteiger partial charge on any atom is 0.226 e. The van der Waals surface area contributed by atoms with Gasteiger partial charge in [0.25, 0.3) is 0 Å². The summed E-state index contributed by atoms with van der Waals surface area (Å²) in [7, 11) is 0. The summed E-state index contributed by atoms with van der Waals surface area (Å²) in [5.41, 5.74) is 1.96. The minimum Gasteiger partial charge on any atom is -0.349 e. The van der Waals surface area contributed by atoms with E-state index in [1.807, 2.05) is 30.3 Å². The Morgan fingerprint density at radius 1 is 0.958 bits per heavy atom. The number of amides is 2. The lowest BCUT2D eigenvalue weighted by Gasteiger charge is -2.18. The summed E-state index contributed by atoms with van der Waals surface area (Å²) in [6.07, 6.45) is 0.105. The molecule has 2 rings (SSSR count). The molecule has 0 spiro atoms. The zero-order valence-corrected chi connectivity index (χ0v) is 13.7. The van der Waals surface area contributed by atoms with Crippen LogP contribution in [0.1, 0.15) is 42.2 Å². The zero-order chi connectivity index (χ0) is 17.5. The third kappa shape index (κ3) is 5.05. The van der Waals surface area contributed by atoms with Gasteiger partial charge in [-0.25, -0.2) is 0 Å². The van der Waals surface area contributed by atoms with Crippen molar-refractivity contribution in [2.75, 3.05) is 5.32 Å². The first-order valence-electron chi connectivity index (χ1n) is 7.68. The molecule has 0 heterocycles. The smallest absolute Gasteiger partial charge is 0.226 e. The summed E-state index contributed by atoms with van der Waals surface area (Å²) in [5, 5.41) is 5.56. The number of hydrogen-bond acceptors (Lipinski definition) is 3. The molecule has 124 valence electrons. The molecule has 5 nitrogen and oxygen atoms in total. The van der Waals surface area contributed by atoms with Crippen molar-refractivity contribution >= 4 is 23.3 Å². The van der Waals surface area contributed by atoms with E-state index in [1.54, 1.807) is 24.3 Å². The van der Waals surface area contributed by atoms with Gasteiger partial charge in [-0.3, -0.25) is 14.4 Å². The quantitative estimate of drug-likeness (QED) is 0.802. The lowest BCUT2D eigenvalue weighted by atomic mass is 10.0. The molecule has 1 atom stereocenters. The molecule has 0 aromatic heterocycles. The average molecular weight is 324 g/mol. The number of anilines is 1. The second-order valence-electron chi connectivity index (χ2n) is 5.55. The normalized spacial score (nSPS) is 11.4. The Labute approximate surface area is 141 Å². The predicted octanol–water partition coefficient (Wildman–Crippen LogP) is 3.10. The summed E-state index contributed by atoms with van der Waals surface area (Å²) < 4.78 is 0. The number of hydrogen-bond donors (Lipinski definition) is 2. The third-order valence-electron chi connectivity index (χ3n) is 3.52. The molecule has 0 bridgehead atoms. The van der Waals surface area contributed by atoms with Gasteiger partial charge in [-0.2, -0.15) is 0 Å². The number of ketones is 1. The van der Waals surface area contributed by atoms with Gasteiger partial charge >= 0.3 is 0 Å². The number of benzene rings is 2. The van der Waals surface area contributed by atoms with Crippen LogP contribution in [0.5, 0.6) is 0 Å². The SMILES string of the molecule is CC(=O)N[C@H](CC(=O)Nc1cccc(C(C)=O)c1)c1ccccc1. The van der Waals surface area contributed by atoms with Crippen LogP contribution in [0.15, 0.2) is 54.6 Å². The van der Waals surface area contributed by atoms with Gasteiger partial charge in [-0.1, -0.05) is 42.5 Å². The Bertz CT molecular complexity index is 741. The van der Waals surface area contributed by atoms with E-state index in [0.29, 0.717) is 11.3 Å². The zero-order valence-electron chi connectivity index (χ0n) is 13.7. The van der Waals surface area contributed by atoms with Crippen LogP contribution in [0, 0.1) is 0 Å². The van der Waals surface area contributed by atoms with Crippen molar-refractivity contribution in [2.24, 2.45) is 0 Å². The fourth-order valence-corrected chi connectivity index (χ4v) is 2.40. The number of carbonyl (C=O) groups is 3. The van der Waals surface area contributed by atoms with E-state index in [-0.39, 0.29) is 24.0 Å². The van der Waals surface area contributed by atoms with Crippen molar-refractivity contribution in [3.8, 4) is 0 Å². The number of nitrogens with one attached hydrogen (secondary N) is 2. The van der Waals surface area contributed by atoms with Gasteiger partial charge in [0.15, 0.2) is 5.78 Å². The summed E-state index contributed by atoms with van der Waals surface area (Å²) in [6.45, 7) is 2.90. The van der Waals surface area contributed by atoms with Crippen LogP contribution >= 0.6 is 0 Å². The molecule has 0 aliphatic carbocycles. The van der Waals surface area contributed by atoms with E-state index in [4.69, 9.17) is 0 Å². The topological polar surface area (TPSA) is 75.3 Å². The highest BCUT2D eigenvalue weighted by atomic mass is 16.2. The second kappa shape index (κ2) is 8.06. The predicted molar refractivity (Wildman–Crippen MR) is 92.7 cm³/mol. The van der Waals surface area contributed by atoms with Gasteiger partial charge in [-0.15, -0.1) is 0 Å². The lowest BCUT2D eigenvalue weighted by Crippen LogP contribution is -2.29. The molecule has 0 aliphatic heterocycles. The molecule has 0 saturated heterocycles. The van der Waals surface area contributed by atoms with Crippen LogP contribution in [0.4, 0.5) is 5.69 Å². The Hall–Kier alpha value is -2.95. The molecule has 0 aliphatic rings. The minimum atomic E-state index is -0.403. The molecule has 0 unspecified atom stereocenters. The Morgan fingerprint density at radius 3 is 2.29 bits per heavy atom. The number of Topliss-reactive ketones (excluding diaryl/α,β-unsaturated/α-hetero) is 1. The standard InChI is InChI=1S/C19H20N2O3/c1-13(22)16-9-6-10-17(11-16)21-19(24)12-18(20-14(2)23)15-7-4-3-5-8-15/h3-11,18H,12H2,1-2H3,(H,20,23)(H,21,24)/t18-/m1/s1. The third-order valence-corrected chi connectivity index (χ3v) is 3.52. The van der Waals surface area contributed by atoms with E-state index in [1.165, 1.54) is 13.8 Å². The van der Waals surface area contributed by atoms with E-state index >= 15 is 0 Å². The van der Waals surface area contributed by atoms with Crippen molar-refractivity contribution in [1.29, 1.82) is 0 Å². The Balaban J connectivity index is 2.09. The van der Waals surface area contributed by atoms with E-state index in [9.17, 15) is 14.4 Å². The lowest BCUT2D eigenvalue weighted by molar-refractivity contribution is -0.120. The molecule has 24 heavy (non-hydrogen) atoms.